The molecule has 1 aliphatic carbocycles. The zero-order valence-corrected chi connectivity index (χ0v) is 16.2. The van der Waals surface area contributed by atoms with Crippen LogP contribution >= 0.6 is 0 Å². The van der Waals surface area contributed by atoms with Crippen LogP contribution in [0.25, 0.3) is 33.8 Å². The molecule has 1 aromatic carbocycles. The summed E-state index contributed by atoms with van der Waals surface area (Å²) < 4.78 is 16.5. The molecule has 0 atom stereocenters. The van der Waals surface area contributed by atoms with E-state index in [4.69, 9.17) is 0 Å². The Morgan fingerprint density at radius 3 is 2.79 bits per heavy atom. The van der Waals surface area contributed by atoms with Crippen LogP contribution in [0.3, 0.4) is 0 Å². The standard InChI is InChI=1S/C21H19FN6O/c1-12-8-17(25-27-11-13(2)23-21(12)27)20-24-19-16(22)9-15(10-18(19)28(29)26-20)14-6-4-3-5-7-14/h6,8-11H,3-5,7H2,1-2H3. The minimum absolute atomic E-state index is 0.00785. The second-order valence-electron chi connectivity index (χ2n) is 7.47. The third kappa shape index (κ3) is 3.00. The lowest BCUT2D eigenvalue weighted by Gasteiger charge is -2.13. The maximum absolute atomic E-state index is 14.9. The first kappa shape index (κ1) is 17.7. The molecule has 0 radical (unpaired) electrons. The van der Waals surface area contributed by atoms with Crippen molar-refractivity contribution in [2.45, 2.75) is 39.5 Å². The second kappa shape index (κ2) is 6.58. The fraction of sp³-hybridized carbons (Fsp3) is 0.286. The van der Waals surface area contributed by atoms with Crippen molar-refractivity contribution in [3.8, 4) is 11.5 Å². The normalized spacial score (nSPS) is 14.5. The van der Waals surface area contributed by atoms with E-state index in [1.807, 2.05) is 13.8 Å². The van der Waals surface area contributed by atoms with E-state index in [2.05, 4.69) is 26.2 Å². The van der Waals surface area contributed by atoms with Crippen molar-refractivity contribution < 1.29 is 9.24 Å². The molecule has 3 aromatic heterocycles. The molecule has 29 heavy (non-hydrogen) atoms. The summed E-state index contributed by atoms with van der Waals surface area (Å²) in [5.74, 6) is -0.458. The molecule has 3 heterocycles. The number of nitrogens with zero attached hydrogens (tertiary/aromatic N) is 6. The van der Waals surface area contributed by atoms with E-state index in [-0.39, 0.29) is 16.9 Å². The number of halogens is 1. The first-order chi connectivity index (χ1) is 14.0. The Morgan fingerprint density at radius 2 is 2.00 bits per heavy atom. The molecule has 0 saturated carbocycles. The number of aromatic nitrogens is 6. The summed E-state index contributed by atoms with van der Waals surface area (Å²) in [5.41, 5.74) is 4.70. The number of aryl methyl sites for hydroxylation is 2. The third-order valence-electron chi connectivity index (χ3n) is 5.27. The molecular weight excluding hydrogens is 371 g/mol. The smallest absolute Gasteiger partial charge is 0.274 e. The topological polar surface area (TPSA) is 82.9 Å². The highest BCUT2D eigenvalue weighted by molar-refractivity contribution is 5.80. The van der Waals surface area contributed by atoms with Gasteiger partial charge in [0.15, 0.2) is 17.0 Å². The molecule has 1 aliphatic rings. The van der Waals surface area contributed by atoms with Gasteiger partial charge in [0.1, 0.15) is 5.69 Å². The molecular formula is C21H19FN6O. The molecule has 5 rings (SSSR count). The number of hydrogen-bond donors (Lipinski definition) is 0. The largest absolute Gasteiger partial charge is 0.594 e. The SMILES string of the molecule is Cc1cn2nc(-c3nc4c(F)cc(C5=CCCCC5)cc4[n+]([O-])n3)cc(C)c2n1. The molecule has 0 fully saturated rings. The van der Waals surface area contributed by atoms with Gasteiger partial charge >= 0.3 is 0 Å². The maximum Gasteiger partial charge on any atom is 0.274 e. The summed E-state index contributed by atoms with van der Waals surface area (Å²) in [6, 6.07) is 4.88. The van der Waals surface area contributed by atoms with Gasteiger partial charge in [-0.05, 0) is 73.2 Å². The van der Waals surface area contributed by atoms with E-state index in [0.29, 0.717) is 10.5 Å². The molecule has 146 valence electrons. The van der Waals surface area contributed by atoms with Gasteiger partial charge in [0.2, 0.25) is 5.82 Å². The molecule has 0 aliphatic heterocycles. The average molecular weight is 390 g/mol. The molecule has 0 saturated heterocycles. The van der Waals surface area contributed by atoms with Gasteiger partial charge in [-0.1, -0.05) is 6.08 Å². The van der Waals surface area contributed by atoms with Crippen molar-refractivity contribution in [1.82, 2.24) is 24.7 Å². The molecule has 4 aromatic rings. The minimum Gasteiger partial charge on any atom is -0.594 e. The molecule has 8 heteroatoms. The van der Waals surface area contributed by atoms with E-state index in [1.165, 1.54) is 6.07 Å². The van der Waals surface area contributed by atoms with E-state index >= 15 is 0 Å². The third-order valence-corrected chi connectivity index (χ3v) is 5.27. The van der Waals surface area contributed by atoms with Gasteiger partial charge in [-0.3, -0.25) is 0 Å². The quantitative estimate of drug-likeness (QED) is 0.385. The van der Waals surface area contributed by atoms with Crippen LogP contribution in [0.15, 0.2) is 30.5 Å². The Balaban J connectivity index is 1.67. The van der Waals surface area contributed by atoms with E-state index in [9.17, 15) is 9.60 Å². The zero-order chi connectivity index (χ0) is 20.1. The Labute approximate surface area is 166 Å². The van der Waals surface area contributed by atoms with Crippen LogP contribution in [0.1, 0.15) is 42.5 Å². The predicted molar refractivity (Wildman–Crippen MR) is 106 cm³/mol. The van der Waals surface area contributed by atoms with Crippen molar-refractivity contribution in [2.24, 2.45) is 0 Å². The van der Waals surface area contributed by atoms with Crippen molar-refractivity contribution in [1.29, 1.82) is 0 Å². The fourth-order valence-electron chi connectivity index (χ4n) is 3.86. The fourth-order valence-corrected chi connectivity index (χ4v) is 3.86. The highest BCUT2D eigenvalue weighted by atomic mass is 19.1. The number of hydrogen-bond acceptors (Lipinski definition) is 5. The van der Waals surface area contributed by atoms with Gasteiger partial charge in [0.25, 0.3) is 5.52 Å². The summed E-state index contributed by atoms with van der Waals surface area (Å²) in [5, 5.41) is 21.1. The Bertz CT molecular complexity index is 1310. The van der Waals surface area contributed by atoms with Crippen LogP contribution in [0.2, 0.25) is 0 Å². The second-order valence-corrected chi connectivity index (χ2v) is 7.47. The van der Waals surface area contributed by atoms with Gasteiger partial charge in [-0.25, -0.2) is 18.9 Å². The Kier molecular flexibility index (Phi) is 4.01. The summed E-state index contributed by atoms with van der Waals surface area (Å²) in [6.45, 7) is 3.77. The molecule has 0 bridgehead atoms. The number of imidazole rings is 1. The lowest BCUT2D eigenvalue weighted by molar-refractivity contribution is -0.642. The van der Waals surface area contributed by atoms with Crippen molar-refractivity contribution in [3.05, 3.63) is 58.3 Å². The van der Waals surface area contributed by atoms with E-state index in [1.54, 1.807) is 22.8 Å². The number of fused-ring (bicyclic) bond motifs is 2. The van der Waals surface area contributed by atoms with Crippen LogP contribution in [-0.2, 0) is 0 Å². The highest BCUT2D eigenvalue weighted by Gasteiger charge is 2.20. The molecule has 0 N–H and O–H groups in total. The van der Waals surface area contributed by atoms with Gasteiger partial charge < -0.3 is 5.21 Å². The van der Waals surface area contributed by atoms with Crippen LogP contribution in [0.5, 0.6) is 0 Å². The van der Waals surface area contributed by atoms with Gasteiger partial charge in [0, 0.05) is 11.2 Å². The van der Waals surface area contributed by atoms with Crippen LogP contribution < -0.4 is 4.85 Å². The number of rotatable bonds is 2. The van der Waals surface area contributed by atoms with E-state index < -0.39 is 5.82 Å². The van der Waals surface area contributed by atoms with Crippen LogP contribution in [0, 0.1) is 24.9 Å². The number of benzene rings is 1. The molecule has 7 nitrogen and oxygen atoms in total. The first-order valence-electron chi connectivity index (χ1n) is 9.64. The molecule has 0 unspecified atom stereocenters. The number of allylic oxidation sites excluding steroid dienone is 2. The summed E-state index contributed by atoms with van der Waals surface area (Å²) in [6.07, 6.45) is 7.96. The average Bonchev–Trinajstić information content (AvgIpc) is 3.10. The summed E-state index contributed by atoms with van der Waals surface area (Å²) in [4.78, 5) is 9.17. The summed E-state index contributed by atoms with van der Waals surface area (Å²) in [7, 11) is 0. The Morgan fingerprint density at radius 1 is 1.14 bits per heavy atom. The first-order valence-corrected chi connectivity index (χ1v) is 9.64. The lowest BCUT2D eigenvalue weighted by Crippen LogP contribution is -2.33. The van der Waals surface area contributed by atoms with Crippen molar-refractivity contribution >= 4 is 22.3 Å². The monoisotopic (exact) mass is 390 g/mol. The van der Waals surface area contributed by atoms with E-state index in [0.717, 1.165) is 53.7 Å². The predicted octanol–water partition coefficient (Wildman–Crippen LogP) is 3.69. The Hall–Kier alpha value is -3.42. The zero-order valence-electron chi connectivity index (χ0n) is 16.2. The van der Waals surface area contributed by atoms with Crippen LogP contribution in [-0.4, -0.2) is 24.7 Å². The minimum atomic E-state index is -0.534. The van der Waals surface area contributed by atoms with Gasteiger partial charge in [0.05, 0.1) is 11.9 Å². The maximum atomic E-state index is 14.9. The van der Waals surface area contributed by atoms with Crippen LogP contribution in [0.4, 0.5) is 4.39 Å². The van der Waals surface area contributed by atoms with Crippen molar-refractivity contribution in [2.75, 3.05) is 0 Å². The van der Waals surface area contributed by atoms with Gasteiger partial charge in [-0.2, -0.15) is 5.10 Å². The molecule has 0 amide bonds. The highest BCUT2D eigenvalue weighted by Crippen LogP contribution is 2.29. The lowest BCUT2D eigenvalue weighted by atomic mass is 9.93. The van der Waals surface area contributed by atoms with Gasteiger partial charge in [-0.15, -0.1) is 0 Å². The molecule has 0 spiro atoms. The van der Waals surface area contributed by atoms with Crippen molar-refractivity contribution in [3.63, 3.8) is 0 Å². The summed E-state index contributed by atoms with van der Waals surface area (Å²) >= 11 is 0.